The summed E-state index contributed by atoms with van der Waals surface area (Å²) in [6.07, 6.45) is 1.56. The molecule has 0 aliphatic heterocycles. The predicted molar refractivity (Wildman–Crippen MR) is 72.7 cm³/mol. The van der Waals surface area contributed by atoms with Crippen molar-refractivity contribution >= 4 is 17.3 Å². The number of anilines is 2. The minimum absolute atomic E-state index is 0.292. The van der Waals surface area contributed by atoms with Gasteiger partial charge in [0.25, 0.3) is 5.91 Å². The first-order valence-electron chi connectivity index (χ1n) is 5.61. The van der Waals surface area contributed by atoms with Crippen LogP contribution in [-0.4, -0.2) is 25.1 Å². The second-order valence-electron chi connectivity index (χ2n) is 3.87. The zero-order chi connectivity index (χ0) is 13.8. The number of hydrogen-bond acceptors (Lipinski definition) is 4. The molecule has 0 aliphatic rings. The van der Waals surface area contributed by atoms with Gasteiger partial charge >= 0.3 is 0 Å². The fourth-order valence-electron chi connectivity index (χ4n) is 1.63. The number of aromatic amines is 1. The molecule has 0 spiro atoms. The number of nitrogens with two attached hydrogens (primary N) is 1. The minimum atomic E-state index is -0.292. The molecular formula is C13H15N3O3. The number of methoxy groups -OCH3 is 2. The molecule has 0 radical (unpaired) electrons. The summed E-state index contributed by atoms with van der Waals surface area (Å²) in [5.41, 5.74) is 7.00. The number of carbonyl (C=O) groups excluding carboxylic acids is 1. The van der Waals surface area contributed by atoms with Gasteiger partial charge in [-0.3, -0.25) is 4.79 Å². The lowest BCUT2D eigenvalue weighted by molar-refractivity contribution is 0.102. The molecule has 1 aromatic heterocycles. The van der Waals surface area contributed by atoms with E-state index in [1.165, 1.54) is 7.11 Å². The van der Waals surface area contributed by atoms with Gasteiger partial charge in [-0.05, 0) is 18.2 Å². The van der Waals surface area contributed by atoms with Crippen molar-refractivity contribution in [1.82, 2.24) is 4.98 Å². The molecule has 1 heterocycles. The highest BCUT2D eigenvalue weighted by Gasteiger charge is 2.11. The Morgan fingerprint density at radius 2 is 2.05 bits per heavy atom. The Balaban J connectivity index is 2.21. The first-order valence-corrected chi connectivity index (χ1v) is 5.61. The number of aromatic nitrogens is 1. The maximum Gasteiger partial charge on any atom is 0.272 e. The van der Waals surface area contributed by atoms with E-state index < -0.39 is 0 Å². The summed E-state index contributed by atoms with van der Waals surface area (Å²) in [5, 5.41) is 2.74. The number of nitrogens with one attached hydrogen (secondary N) is 2. The number of nitrogen functional groups attached to an aromatic ring is 1. The zero-order valence-corrected chi connectivity index (χ0v) is 10.7. The molecular weight excluding hydrogens is 246 g/mol. The number of benzene rings is 1. The molecule has 19 heavy (non-hydrogen) atoms. The normalized spacial score (nSPS) is 10.0. The summed E-state index contributed by atoms with van der Waals surface area (Å²) in [7, 11) is 3.09. The van der Waals surface area contributed by atoms with Crippen LogP contribution in [-0.2, 0) is 0 Å². The van der Waals surface area contributed by atoms with Gasteiger partial charge in [-0.1, -0.05) is 0 Å². The maximum absolute atomic E-state index is 12.0. The molecule has 0 bridgehead atoms. The molecule has 0 aliphatic carbocycles. The average molecular weight is 261 g/mol. The van der Waals surface area contributed by atoms with Crippen molar-refractivity contribution in [3.05, 3.63) is 36.2 Å². The Bertz CT molecular complexity index is 593. The van der Waals surface area contributed by atoms with Crippen molar-refractivity contribution in [3.8, 4) is 11.5 Å². The molecule has 0 saturated carbocycles. The Hall–Kier alpha value is -2.63. The van der Waals surface area contributed by atoms with E-state index in [4.69, 9.17) is 15.2 Å². The molecule has 0 unspecified atom stereocenters. The van der Waals surface area contributed by atoms with Crippen molar-refractivity contribution in [2.24, 2.45) is 0 Å². The molecule has 6 heteroatoms. The molecule has 0 atom stereocenters. The van der Waals surface area contributed by atoms with Crippen LogP contribution in [0, 0.1) is 0 Å². The summed E-state index contributed by atoms with van der Waals surface area (Å²) < 4.78 is 10.3. The smallest absolute Gasteiger partial charge is 0.272 e. The lowest BCUT2D eigenvalue weighted by Crippen LogP contribution is -2.13. The summed E-state index contributed by atoms with van der Waals surface area (Å²) in [4.78, 5) is 14.7. The first kappa shape index (κ1) is 12.8. The van der Waals surface area contributed by atoms with E-state index in [1.54, 1.807) is 37.6 Å². The topological polar surface area (TPSA) is 89.4 Å². The standard InChI is InChI=1S/C13H15N3O3/c1-18-9-3-4-10(12(6-9)19-2)16-13(17)11-5-8(14)7-15-11/h3-7,15H,14H2,1-2H3,(H,16,17). The van der Waals surface area contributed by atoms with Gasteiger partial charge in [-0.2, -0.15) is 0 Å². The van der Waals surface area contributed by atoms with Crippen LogP contribution < -0.4 is 20.5 Å². The lowest BCUT2D eigenvalue weighted by Gasteiger charge is -2.11. The fraction of sp³-hybridized carbons (Fsp3) is 0.154. The molecule has 2 rings (SSSR count). The lowest BCUT2D eigenvalue weighted by atomic mass is 10.2. The van der Waals surface area contributed by atoms with Crippen molar-refractivity contribution in [2.45, 2.75) is 0 Å². The van der Waals surface area contributed by atoms with E-state index in [2.05, 4.69) is 10.3 Å². The molecule has 6 nitrogen and oxygen atoms in total. The fourth-order valence-corrected chi connectivity index (χ4v) is 1.63. The maximum atomic E-state index is 12.0. The van der Waals surface area contributed by atoms with Crippen LogP contribution in [0.4, 0.5) is 11.4 Å². The van der Waals surface area contributed by atoms with Crippen LogP contribution in [0.5, 0.6) is 11.5 Å². The third kappa shape index (κ3) is 2.79. The Morgan fingerprint density at radius 1 is 1.26 bits per heavy atom. The van der Waals surface area contributed by atoms with Gasteiger partial charge in [-0.25, -0.2) is 0 Å². The van der Waals surface area contributed by atoms with Crippen LogP contribution >= 0.6 is 0 Å². The molecule has 0 fully saturated rings. The van der Waals surface area contributed by atoms with Crippen LogP contribution in [0.1, 0.15) is 10.5 Å². The third-order valence-corrected chi connectivity index (χ3v) is 2.61. The van der Waals surface area contributed by atoms with E-state index >= 15 is 0 Å². The molecule has 1 aromatic carbocycles. The predicted octanol–water partition coefficient (Wildman–Crippen LogP) is 1.87. The van der Waals surface area contributed by atoms with Gasteiger partial charge in [0.05, 0.1) is 19.9 Å². The molecule has 100 valence electrons. The first-order chi connectivity index (χ1) is 9.13. The Morgan fingerprint density at radius 3 is 2.63 bits per heavy atom. The van der Waals surface area contributed by atoms with Crippen molar-refractivity contribution in [1.29, 1.82) is 0 Å². The van der Waals surface area contributed by atoms with E-state index in [-0.39, 0.29) is 5.91 Å². The van der Waals surface area contributed by atoms with Crippen molar-refractivity contribution in [3.63, 3.8) is 0 Å². The highest BCUT2D eigenvalue weighted by Crippen LogP contribution is 2.29. The number of rotatable bonds is 4. The number of ether oxygens (including phenoxy) is 2. The number of H-pyrrole nitrogens is 1. The van der Waals surface area contributed by atoms with Crippen LogP contribution in [0.15, 0.2) is 30.5 Å². The second-order valence-corrected chi connectivity index (χ2v) is 3.87. The monoisotopic (exact) mass is 261 g/mol. The van der Waals surface area contributed by atoms with Gasteiger partial charge < -0.3 is 25.5 Å². The Labute approximate surface area is 110 Å². The van der Waals surface area contributed by atoms with Crippen LogP contribution in [0.3, 0.4) is 0 Å². The molecule has 0 saturated heterocycles. The van der Waals surface area contributed by atoms with Crippen molar-refractivity contribution < 1.29 is 14.3 Å². The largest absolute Gasteiger partial charge is 0.497 e. The van der Waals surface area contributed by atoms with Gasteiger partial charge in [0, 0.05) is 18.0 Å². The van der Waals surface area contributed by atoms with Crippen LogP contribution in [0.2, 0.25) is 0 Å². The minimum Gasteiger partial charge on any atom is -0.497 e. The molecule has 4 N–H and O–H groups in total. The van der Waals surface area contributed by atoms with E-state index in [1.807, 2.05) is 0 Å². The Kier molecular flexibility index (Phi) is 3.61. The number of amides is 1. The van der Waals surface area contributed by atoms with Gasteiger partial charge in [0.15, 0.2) is 0 Å². The van der Waals surface area contributed by atoms with E-state index in [0.717, 1.165) is 0 Å². The van der Waals surface area contributed by atoms with E-state index in [9.17, 15) is 4.79 Å². The zero-order valence-electron chi connectivity index (χ0n) is 10.7. The van der Waals surface area contributed by atoms with Crippen molar-refractivity contribution in [2.75, 3.05) is 25.3 Å². The molecule has 2 aromatic rings. The van der Waals surface area contributed by atoms with Crippen LogP contribution in [0.25, 0.3) is 0 Å². The average Bonchev–Trinajstić information content (AvgIpc) is 2.86. The summed E-state index contributed by atoms with van der Waals surface area (Å²) in [6.45, 7) is 0. The van der Waals surface area contributed by atoms with Gasteiger partial charge in [-0.15, -0.1) is 0 Å². The highest BCUT2D eigenvalue weighted by molar-refractivity contribution is 6.04. The third-order valence-electron chi connectivity index (χ3n) is 2.61. The SMILES string of the molecule is COc1ccc(NC(=O)c2cc(N)c[nH]2)c(OC)c1. The number of carbonyl (C=O) groups is 1. The second kappa shape index (κ2) is 5.34. The summed E-state index contributed by atoms with van der Waals surface area (Å²) in [5.74, 6) is 0.881. The quantitative estimate of drug-likeness (QED) is 0.783. The van der Waals surface area contributed by atoms with Gasteiger partial charge in [0.1, 0.15) is 17.2 Å². The highest BCUT2D eigenvalue weighted by atomic mass is 16.5. The molecule has 1 amide bonds. The van der Waals surface area contributed by atoms with E-state index in [0.29, 0.717) is 28.6 Å². The summed E-state index contributed by atoms with van der Waals surface area (Å²) >= 11 is 0. The number of hydrogen-bond donors (Lipinski definition) is 3. The van der Waals surface area contributed by atoms with Gasteiger partial charge in [0.2, 0.25) is 0 Å². The summed E-state index contributed by atoms with van der Waals surface area (Å²) in [6, 6.07) is 6.70.